The molecule has 0 saturated heterocycles. The Morgan fingerprint density at radius 1 is 1.28 bits per heavy atom. The molecule has 3 rings (SSSR count). The number of benzene rings is 1. The molecule has 1 N–H and O–H groups in total. The first kappa shape index (κ1) is 17.7. The number of hydrogen-bond donors (Lipinski definition) is 1. The molecule has 1 aromatic carbocycles. The van der Waals surface area contributed by atoms with Crippen molar-refractivity contribution >= 4 is 23.4 Å². The van der Waals surface area contributed by atoms with Crippen LogP contribution in [0.4, 0.5) is 0 Å². The van der Waals surface area contributed by atoms with Gasteiger partial charge >= 0.3 is 5.97 Å². The van der Waals surface area contributed by atoms with Crippen LogP contribution in [0.3, 0.4) is 0 Å². The van der Waals surface area contributed by atoms with Gasteiger partial charge in [0.1, 0.15) is 5.78 Å². The average molecular weight is 360 g/mol. The average Bonchev–Trinajstić information content (AvgIpc) is 2.53. The number of hydrogen-bond acceptors (Lipinski definition) is 4. The van der Waals surface area contributed by atoms with Gasteiger partial charge in [0, 0.05) is 28.8 Å². The lowest BCUT2D eigenvalue weighted by atomic mass is 9.71. The van der Waals surface area contributed by atoms with Crippen LogP contribution < -0.4 is 5.32 Å². The highest BCUT2D eigenvalue weighted by Crippen LogP contribution is 2.45. The minimum Gasteiger partial charge on any atom is -0.460 e. The van der Waals surface area contributed by atoms with Gasteiger partial charge in [0.2, 0.25) is 0 Å². The van der Waals surface area contributed by atoms with Crippen molar-refractivity contribution in [2.45, 2.75) is 45.6 Å². The summed E-state index contributed by atoms with van der Waals surface area (Å²) in [5, 5.41) is 3.80. The molecular weight excluding hydrogens is 338 g/mol. The summed E-state index contributed by atoms with van der Waals surface area (Å²) < 4.78 is 5.46. The zero-order chi connectivity index (χ0) is 18.1. The van der Waals surface area contributed by atoms with E-state index >= 15 is 0 Å². The van der Waals surface area contributed by atoms with Gasteiger partial charge in [0.05, 0.1) is 17.6 Å². The van der Waals surface area contributed by atoms with Gasteiger partial charge in [-0.2, -0.15) is 0 Å². The van der Waals surface area contributed by atoms with Crippen molar-refractivity contribution in [2.75, 3.05) is 0 Å². The van der Waals surface area contributed by atoms with Crippen LogP contribution >= 0.6 is 11.6 Å². The van der Waals surface area contributed by atoms with Crippen LogP contribution in [-0.2, 0) is 14.3 Å². The second-order valence-electron chi connectivity index (χ2n) is 6.76. The highest BCUT2D eigenvalue weighted by molar-refractivity contribution is 6.31. The molecule has 0 spiro atoms. The fourth-order valence-corrected chi connectivity index (χ4v) is 3.88. The highest BCUT2D eigenvalue weighted by Gasteiger charge is 2.44. The largest absolute Gasteiger partial charge is 0.460 e. The van der Waals surface area contributed by atoms with Crippen LogP contribution in [0, 0.1) is 5.92 Å². The minimum absolute atomic E-state index is 0.122. The Morgan fingerprint density at radius 3 is 2.68 bits per heavy atom. The maximum Gasteiger partial charge on any atom is 0.336 e. The molecule has 4 nitrogen and oxygen atoms in total. The van der Waals surface area contributed by atoms with Crippen molar-refractivity contribution in [3.8, 4) is 0 Å². The van der Waals surface area contributed by atoms with Gasteiger partial charge in [-0.3, -0.25) is 4.79 Å². The van der Waals surface area contributed by atoms with Crippen molar-refractivity contribution in [3.63, 3.8) is 0 Å². The van der Waals surface area contributed by atoms with Crippen molar-refractivity contribution in [1.82, 2.24) is 5.32 Å². The van der Waals surface area contributed by atoms with Crippen LogP contribution in [-0.4, -0.2) is 17.9 Å². The van der Waals surface area contributed by atoms with E-state index < -0.39 is 17.8 Å². The molecule has 1 heterocycles. The number of nitrogens with one attached hydrogen (secondary N) is 1. The van der Waals surface area contributed by atoms with Gasteiger partial charge in [0.25, 0.3) is 0 Å². The topological polar surface area (TPSA) is 55.4 Å². The van der Waals surface area contributed by atoms with E-state index in [4.69, 9.17) is 16.3 Å². The minimum atomic E-state index is -0.430. The number of carbonyl (C=O) groups excluding carboxylic acids is 2. The summed E-state index contributed by atoms with van der Waals surface area (Å²) in [4.78, 5) is 25.5. The van der Waals surface area contributed by atoms with E-state index in [0.29, 0.717) is 29.1 Å². The van der Waals surface area contributed by atoms with Gasteiger partial charge < -0.3 is 10.1 Å². The maximum absolute atomic E-state index is 12.8. The van der Waals surface area contributed by atoms with Gasteiger partial charge in [-0.05, 0) is 38.8 Å². The lowest BCUT2D eigenvalue weighted by Crippen LogP contribution is -2.41. The molecule has 0 amide bonds. The summed E-state index contributed by atoms with van der Waals surface area (Å²) in [6, 6.07) is 7.39. The molecule has 0 bridgehead atoms. The van der Waals surface area contributed by atoms with Crippen LogP contribution in [0.25, 0.3) is 0 Å². The Labute approximate surface area is 152 Å². The third-order valence-electron chi connectivity index (χ3n) is 4.62. The lowest BCUT2D eigenvalue weighted by Gasteiger charge is -2.38. The Balaban J connectivity index is 2.17. The fraction of sp³-hybridized carbons (Fsp3) is 0.400. The van der Waals surface area contributed by atoms with E-state index in [9.17, 15) is 9.59 Å². The van der Waals surface area contributed by atoms with E-state index in [1.165, 1.54) is 0 Å². The summed E-state index contributed by atoms with van der Waals surface area (Å²) in [5.74, 6) is -1.13. The van der Waals surface area contributed by atoms with Gasteiger partial charge in [-0.25, -0.2) is 4.79 Å². The van der Waals surface area contributed by atoms with E-state index in [0.717, 1.165) is 11.3 Å². The first-order valence-corrected chi connectivity index (χ1v) is 8.94. The Bertz CT molecular complexity index is 779. The standard InChI is InChI=1S/C20H22ClNO3/c1-11(2)25-20(24)17-12(3)22-15-9-6-10-16(23)19(15)18(17)13-7-4-5-8-14(13)21/h4-5,7-9,11,18-19,22H,6,10H2,1-3H3. The molecule has 1 aliphatic heterocycles. The predicted octanol–water partition coefficient (Wildman–Crippen LogP) is 4.12. The van der Waals surface area contributed by atoms with Crippen LogP contribution in [0.5, 0.6) is 0 Å². The van der Waals surface area contributed by atoms with E-state index in [2.05, 4.69) is 5.32 Å². The summed E-state index contributed by atoms with van der Waals surface area (Å²) in [7, 11) is 0. The lowest BCUT2D eigenvalue weighted by molar-refractivity contribution is -0.143. The number of esters is 1. The number of halogens is 1. The van der Waals surface area contributed by atoms with Crippen LogP contribution in [0.1, 0.15) is 45.1 Å². The Morgan fingerprint density at radius 2 is 2.00 bits per heavy atom. The molecule has 25 heavy (non-hydrogen) atoms. The number of ketones is 1. The molecule has 1 aliphatic carbocycles. The number of ether oxygens (including phenoxy) is 1. The van der Waals surface area contributed by atoms with Crippen molar-refractivity contribution in [1.29, 1.82) is 0 Å². The maximum atomic E-state index is 12.8. The predicted molar refractivity (Wildman–Crippen MR) is 97.1 cm³/mol. The molecule has 1 aromatic rings. The van der Waals surface area contributed by atoms with E-state index in [-0.39, 0.29) is 11.9 Å². The molecule has 2 atom stereocenters. The Hall–Kier alpha value is -2.07. The van der Waals surface area contributed by atoms with E-state index in [1.807, 2.05) is 45.0 Å². The first-order valence-electron chi connectivity index (χ1n) is 8.56. The third kappa shape index (κ3) is 3.36. The van der Waals surface area contributed by atoms with Crippen molar-refractivity contribution in [3.05, 3.63) is 57.9 Å². The summed E-state index contributed by atoms with van der Waals surface area (Å²) in [6.07, 6.45) is 3.00. The molecule has 2 aliphatic rings. The normalized spacial score (nSPS) is 23.1. The molecule has 0 aromatic heterocycles. The van der Waals surface area contributed by atoms with Crippen LogP contribution in [0.2, 0.25) is 5.02 Å². The molecule has 0 fully saturated rings. The Kier molecular flexibility index (Phi) is 5.00. The first-order chi connectivity index (χ1) is 11.9. The molecule has 2 unspecified atom stereocenters. The monoisotopic (exact) mass is 359 g/mol. The molecule has 132 valence electrons. The van der Waals surface area contributed by atoms with E-state index in [1.54, 1.807) is 6.07 Å². The molecule has 5 heteroatoms. The SMILES string of the molecule is CC1=C(C(=O)OC(C)C)C(c2ccccc2Cl)C2C(=O)CCC=C2N1. The summed E-state index contributed by atoms with van der Waals surface area (Å²) in [6.45, 7) is 5.47. The summed E-state index contributed by atoms with van der Waals surface area (Å²) in [5.41, 5.74) is 2.85. The highest BCUT2D eigenvalue weighted by atomic mass is 35.5. The zero-order valence-electron chi connectivity index (χ0n) is 14.6. The van der Waals surface area contributed by atoms with Gasteiger partial charge in [0.15, 0.2) is 0 Å². The smallest absolute Gasteiger partial charge is 0.336 e. The second kappa shape index (κ2) is 7.04. The number of Topliss-reactive ketones (excluding diaryl/α,β-unsaturated/α-hetero) is 1. The number of allylic oxidation sites excluding steroid dienone is 3. The third-order valence-corrected chi connectivity index (χ3v) is 4.96. The van der Waals surface area contributed by atoms with Crippen molar-refractivity contribution < 1.29 is 14.3 Å². The van der Waals surface area contributed by atoms with Gasteiger partial charge in [-0.1, -0.05) is 35.9 Å². The number of fused-ring (bicyclic) bond motifs is 1. The second-order valence-corrected chi connectivity index (χ2v) is 7.17. The molecule has 0 saturated carbocycles. The van der Waals surface area contributed by atoms with Crippen molar-refractivity contribution in [2.24, 2.45) is 5.92 Å². The quantitative estimate of drug-likeness (QED) is 0.825. The fourth-order valence-electron chi connectivity index (χ4n) is 3.62. The number of rotatable bonds is 3. The molecule has 0 radical (unpaired) electrons. The number of carbonyl (C=O) groups is 2. The van der Waals surface area contributed by atoms with Crippen LogP contribution in [0.15, 0.2) is 47.3 Å². The molecular formula is C20H22ClNO3. The van der Waals surface area contributed by atoms with Gasteiger partial charge in [-0.15, -0.1) is 0 Å². The zero-order valence-corrected chi connectivity index (χ0v) is 15.4. The summed E-state index contributed by atoms with van der Waals surface area (Å²) >= 11 is 6.43.